The van der Waals surface area contributed by atoms with Gasteiger partial charge in [0.05, 0.1) is 0 Å². The summed E-state index contributed by atoms with van der Waals surface area (Å²) in [6, 6.07) is 0. The van der Waals surface area contributed by atoms with Crippen LogP contribution in [0, 0.1) is 0 Å². The third kappa shape index (κ3) is 804. The van der Waals surface area contributed by atoms with Crippen molar-refractivity contribution >= 4 is 0 Å². The third-order valence-electron chi connectivity index (χ3n) is 0. The maximum atomic E-state index is 0. The van der Waals surface area contributed by atoms with Crippen molar-refractivity contribution in [3.8, 4) is 0 Å². The Morgan fingerprint density at radius 1 is 0.0135 bits per heavy atom. The molecule has 0 rings (SSSR count). The van der Waals surface area contributed by atoms with Crippen LogP contribution in [0.4, 0.5) is 0 Å². The van der Waals surface area contributed by atoms with Gasteiger partial charge >= 0.3 is 0 Å². The largest absolute Gasteiger partial charge is 0 e. The summed E-state index contributed by atoms with van der Waals surface area (Å²) in [5, 5.41) is 0. The van der Waals surface area contributed by atoms with E-state index in [4.69, 9.17) is 0 Å². The SMILES string of the molecule is [V].[V].[V].[V].[V].[V].[V].[V].[V].[V].[V].[V].[V].[V].[V].[V].[V].[V].[V].[V].[V].[V].[V].[V].[V].[V].[V].[V].[V].[V].[V].[V].[V].[V].[V].[V].[V].[V].[V].[V].[V].[V].[V].[V].[V].[V].[V].[V].[V].[V].[V].[V].[V].[V].[V].[V].[V].[V].[V].[V].[V].[V].[V].[V].[V].[V].[V].[V].[V].[V].[V].[V].[V].[V]. The maximum absolute atomic E-state index is 0. The Kier molecular flexibility index (Phi) is 9450. The van der Waals surface area contributed by atoms with Gasteiger partial charge in [0.1, 0.15) is 0 Å². The summed E-state index contributed by atoms with van der Waals surface area (Å²) in [4.78, 5) is 0. The predicted molar refractivity (Wildman–Crippen MR) is 0 cm³/mol. The van der Waals surface area contributed by atoms with Crippen LogP contribution in [0.5, 0.6) is 0 Å². The van der Waals surface area contributed by atoms with E-state index >= 15 is 0 Å². The number of hydrogen-bond donors (Lipinski definition) is 0. The molecule has 0 N–H and O–H groups in total. The van der Waals surface area contributed by atoms with Crippen LogP contribution in [-0.4, -0.2) is 0 Å². The minimum atomic E-state index is 0. The van der Waals surface area contributed by atoms with E-state index in [-0.39, 0.29) is 1370 Å². The molecule has 0 nitrogen and oxygen atoms in total. The van der Waals surface area contributed by atoms with E-state index in [0.717, 1.165) is 0 Å². The Morgan fingerprint density at radius 3 is 0.0135 bits per heavy atom. The molecule has 0 aromatic rings. The Balaban J connectivity index is 0. The summed E-state index contributed by atoms with van der Waals surface area (Å²) in [5.74, 6) is 0. The molecule has 0 aromatic carbocycles. The minimum Gasteiger partial charge on any atom is 0 e. The smallest absolute Gasteiger partial charge is 0 e. The molecule has 0 aliphatic carbocycles. The van der Waals surface area contributed by atoms with Gasteiger partial charge in [-0.1, -0.05) is 0 Å². The third-order valence-corrected chi connectivity index (χ3v) is 0. The Hall–Kier alpha value is 43.2. The van der Waals surface area contributed by atoms with Crippen molar-refractivity contribution in [2.75, 3.05) is 0 Å². The molecule has 0 amide bonds. The van der Waals surface area contributed by atoms with Gasteiger partial charge in [0.25, 0.3) is 0 Å². The van der Waals surface area contributed by atoms with Gasteiger partial charge in [-0.2, -0.15) is 0 Å². The first kappa shape index (κ1) is 847. The second-order valence-electron chi connectivity index (χ2n) is 0. The molecule has 0 saturated carbocycles. The van der Waals surface area contributed by atoms with Gasteiger partial charge in [0.2, 0.25) is 0 Å². The van der Waals surface area contributed by atoms with Crippen LogP contribution in [0.15, 0.2) is 0 Å². The monoisotopic (exact) mass is 3770 g/mol. The molecule has 74 radical (unpaired) electrons. The van der Waals surface area contributed by atoms with E-state index in [9.17, 15) is 0 Å². The minimum absolute atomic E-state index is 0. The van der Waals surface area contributed by atoms with E-state index in [0.29, 0.717) is 0 Å². The normalized spacial score (nSPS) is 0. The molecule has 0 fully saturated rings. The molecular weight excluding hydrogens is 3770 g/mol. The van der Waals surface area contributed by atoms with Crippen LogP contribution < -0.4 is 0 Å². The first-order valence-corrected chi connectivity index (χ1v) is 0. The average molecular weight is 3770 g/mol. The second-order valence-corrected chi connectivity index (χ2v) is 0. The summed E-state index contributed by atoms with van der Waals surface area (Å²) in [5.41, 5.74) is 0. The van der Waals surface area contributed by atoms with Crippen molar-refractivity contribution in [3.05, 3.63) is 0 Å². The van der Waals surface area contributed by atoms with Crippen LogP contribution in [-0.2, 0) is 1370 Å². The number of hydrogen-bond acceptors (Lipinski definition) is 0. The molecule has 370 valence electrons. The molecule has 0 aromatic heterocycles. The van der Waals surface area contributed by atoms with Crippen LogP contribution in [0.2, 0.25) is 0 Å². The van der Waals surface area contributed by atoms with E-state index in [1.165, 1.54) is 0 Å². The molecule has 0 atom stereocenters. The Morgan fingerprint density at radius 2 is 0.0135 bits per heavy atom. The Bertz CT molecular complexity index is 0. The van der Waals surface area contributed by atoms with Crippen molar-refractivity contribution in [1.82, 2.24) is 0 Å². The molecule has 0 spiro atoms. The van der Waals surface area contributed by atoms with Crippen molar-refractivity contribution in [2.45, 2.75) is 0 Å². The summed E-state index contributed by atoms with van der Waals surface area (Å²) >= 11 is 0. The van der Waals surface area contributed by atoms with Crippen molar-refractivity contribution < 1.29 is 1370 Å². The summed E-state index contributed by atoms with van der Waals surface area (Å²) in [6.07, 6.45) is 0. The molecule has 0 bridgehead atoms. The van der Waals surface area contributed by atoms with Gasteiger partial charge in [0.15, 0.2) is 0 Å². The number of rotatable bonds is 0. The molecule has 0 aliphatic heterocycles. The van der Waals surface area contributed by atoms with Gasteiger partial charge in [-0.3, -0.25) is 0 Å². The second kappa shape index (κ2) is 826. The average Bonchev–Trinajstić information content (AvgIpc) is 0. The molecular formula is V74. The van der Waals surface area contributed by atoms with Gasteiger partial charge in [-0.05, 0) is 0 Å². The van der Waals surface area contributed by atoms with E-state index in [2.05, 4.69) is 0 Å². The van der Waals surface area contributed by atoms with Crippen molar-refractivity contribution in [1.29, 1.82) is 0 Å². The van der Waals surface area contributed by atoms with Gasteiger partial charge in [-0.15, -0.1) is 0 Å². The predicted octanol–water partition coefficient (Wildman–Crippen LogP) is -0.185. The fourth-order valence-electron chi connectivity index (χ4n) is 0. The van der Waals surface area contributed by atoms with Gasteiger partial charge < -0.3 is 0 Å². The summed E-state index contributed by atoms with van der Waals surface area (Å²) in [7, 11) is 0. The maximum Gasteiger partial charge on any atom is 0 e. The topological polar surface area (TPSA) is 0 Å². The standard InChI is InChI=1S/74V. The molecule has 0 unspecified atom stereocenters. The van der Waals surface area contributed by atoms with Gasteiger partial charge in [-0.25, -0.2) is 0 Å². The molecule has 0 aliphatic rings. The molecule has 74 heavy (non-hydrogen) atoms. The van der Waals surface area contributed by atoms with E-state index in [1.54, 1.807) is 0 Å². The zero-order chi connectivity index (χ0) is 0. The Labute approximate surface area is 1330 Å². The van der Waals surface area contributed by atoms with Crippen molar-refractivity contribution in [2.24, 2.45) is 0 Å². The van der Waals surface area contributed by atoms with Crippen molar-refractivity contribution in [3.63, 3.8) is 0 Å². The van der Waals surface area contributed by atoms with E-state index in [1.807, 2.05) is 0 Å². The zero-order valence-electron chi connectivity index (χ0n) is 33.1. The van der Waals surface area contributed by atoms with Crippen LogP contribution in [0.1, 0.15) is 0 Å². The zero-order valence-corrected chi connectivity index (χ0v) is 136. The first-order valence-electron chi connectivity index (χ1n) is 0. The molecule has 74 heteroatoms. The fourth-order valence-corrected chi connectivity index (χ4v) is 0. The fraction of sp³-hybridized carbons (Fsp3) is 0. The summed E-state index contributed by atoms with van der Waals surface area (Å²) < 4.78 is 0. The molecule has 0 heterocycles. The van der Waals surface area contributed by atoms with Crippen LogP contribution >= 0.6 is 0 Å². The van der Waals surface area contributed by atoms with Crippen LogP contribution in [0.25, 0.3) is 0 Å². The first-order chi connectivity index (χ1) is 0. The quantitative estimate of drug-likeness (QED) is 0.317. The molecule has 0 saturated heterocycles. The van der Waals surface area contributed by atoms with Gasteiger partial charge in [0, 0.05) is 1370 Å². The van der Waals surface area contributed by atoms with E-state index < -0.39 is 0 Å². The van der Waals surface area contributed by atoms with Crippen LogP contribution in [0.3, 0.4) is 0 Å². The summed E-state index contributed by atoms with van der Waals surface area (Å²) in [6.45, 7) is 0.